The van der Waals surface area contributed by atoms with E-state index in [1.54, 1.807) is 4.90 Å². The second kappa shape index (κ2) is 8.07. The van der Waals surface area contributed by atoms with Gasteiger partial charge < -0.3 is 15.1 Å². The molecule has 0 spiro atoms. The molecule has 152 valence electrons. The van der Waals surface area contributed by atoms with Crippen LogP contribution in [0.15, 0.2) is 30.3 Å². The standard InChI is InChI=1S/C18H21F3N4O3/c19-18(20,21)12-25-15(26)11-24(17(25)28)14-6-8-23(9-7-14)16(27)22-10-13-4-2-1-3-5-13/h1-5,14H,6-12H2,(H,22,27). The summed E-state index contributed by atoms with van der Waals surface area (Å²) in [5, 5.41) is 2.82. The molecule has 0 radical (unpaired) electrons. The zero-order chi connectivity index (χ0) is 20.3. The lowest BCUT2D eigenvalue weighted by molar-refractivity contribution is -0.151. The van der Waals surface area contributed by atoms with Crippen molar-refractivity contribution in [1.82, 2.24) is 20.0 Å². The number of carbonyl (C=O) groups is 3. The van der Waals surface area contributed by atoms with Gasteiger partial charge in [-0.1, -0.05) is 30.3 Å². The topological polar surface area (TPSA) is 73.0 Å². The van der Waals surface area contributed by atoms with E-state index in [1.165, 1.54) is 4.90 Å². The van der Waals surface area contributed by atoms with Crippen LogP contribution in [0.4, 0.5) is 22.8 Å². The number of hydrogen-bond donors (Lipinski definition) is 1. The van der Waals surface area contributed by atoms with E-state index in [4.69, 9.17) is 0 Å². The Labute approximate surface area is 160 Å². The molecule has 0 bridgehead atoms. The van der Waals surface area contributed by atoms with Gasteiger partial charge in [0.15, 0.2) is 0 Å². The van der Waals surface area contributed by atoms with E-state index in [0.717, 1.165) is 5.56 Å². The van der Waals surface area contributed by atoms with Crippen molar-refractivity contribution in [3.63, 3.8) is 0 Å². The maximum atomic E-state index is 12.5. The Morgan fingerprint density at radius 2 is 1.75 bits per heavy atom. The second-order valence-electron chi connectivity index (χ2n) is 6.87. The van der Waals surface area contributed by atoms with Crippen LogP contribution in [-0.2, 0) is 11.3 Å². The number of urea groups is 2. The number of alkyl halides is 3. The first-order chi connectivity index (χ1) is 13.2. The highest BCUT2D eigenvalue weighted by atomic mass is 19.4. The lowest BCUT2D eigenvalue weighted by atomic mass is 10.0. The molecule has 0 aromatic heterocycles. The van der Waals surface area contributed by atoms with E-state index in [9.17, 15) is 27.6 Å². The first kappa shape index (κ1) is 20.0. The Morgan fingerprint density at radius 1 is 1.11 bits per heavy atom. The average molecular weight is 398 g/mol. The minimum Gasteiger partial charge on any atom is -0.334 e. The van der Waals surface area contributed by atoms with Gasteiger partial charge in [-0.15, -0.1) is 0 Å². The molecule has 2 heterocycles. The van der Waals surface area contributed by atoms with E-state index in [0.29, 0.717) is 32.5 Å². The van der Waals surface area contributed by atoms with Crippen molar-refractivity contribution in [3.8, 4) is 0 Å². The van der Waals surface area contributed by atoms with Gasteiger partial charge in [-0.2, -0.15) is 13.2 Å². The van der Waals surface area contributed by atoms with Crippen LogP contribution in [0, 0.1) is 0 Å². The first-order valence-electron chi connectivity index (χ1n) is 8.99. The maximum Gasteiger partial charge on any atom is 0.406 e. The van der Waals surface area contributed by atoms with E-state index in [2.05, 4.69) is 5.32 Å². The van der Waals surface area contributed by atoms with Crippen LogP contribution in [0.3, 0.4) is 0 Å². The summed E-state index contributed by atoms with van der Waals surface area (Å²) < 4.78 is 37.6. The minimum absolute atomic E-state index is 0.232. The van der Waals surface area contributed by atoms with Crippen LogP contribution in [0.2, 0.25) is 0 Å². The van der Waals surface area contributed by atoms with Gasteiger partial charge in [0.1, 0.15) is 13.1 Å². The summed E-state index contributed by atoms with van der Waals surface area (Å²) in [6.07, 6.45) is -3.79. The van der Waals surface area contributed by atoms with E-state index < -0.39 is 24.7 Å². The number of hydrogen-bond acceptors (Lipinski definition) is 3. The normalized spacial score (nSPS) is 18.8. The molecule has 28 heavy (non-hydrogen) atoms. The fourth-order valence-electron chi connectivity index (χ4n) is 3.45. The molecule has 1 aromatic carbocycles. The fraction of sp³-hybridized carbons (Fsp3) is 0.500. The van der Waals surface area contributed by atoms with Gasteiger partial charge in [-0.3, -0.25) is 9.69 Å². The number of nitrogens with one attached hydrogen (secondary N) is 1. The van der Waals surface area contributed by atoms with E-state index >= 15 is 0 Å². The summed E-state index contributed by atoms with van der Waals surface area (Å²) in [7, 11) is 0. The Kier molecular flexibility index (Phi) is 5.76. The van der Waals surface area contributed by atoms with Crippen molar-refractivity contribution < 1.29 is 27.6 Å². The zero-order valence-corrected chi connectivity index (χ0v) is 15.1. The monoisotopic (exact) mass is 398 g/mol. The summed E-state index contributed by atoms with van der Waals surface area (Å²) in [5.74, 6) is -0.842. The Morgan fingerprint density at radius 3 is 2.36 bits per heavy atom. The Bertz CT molecular complexity index is 733. The van der Waals surface area contributed by atoms with Crippen molar-refractivity contribution in [1.29, 1.82) is 0 Å². The summed E-state index contributed by atoms with van der Waals surface area (Å²) in [6, 6.07) is 7.94. The number of benzene rings is 1. The molecule has 3 rings (SSSR count). The molecule has 0 aliphatic carbocycles. The van der Waals surface area contributed by atoms with Crippen molar-refractivity contribution in [2.24, 2.45) is 0 Å². The van der Waals surface area contributed by atoms with Crippen LogP contribution < -0.4 is 5.32 Å². The Balaban J connectivity index is 1.49. The molecule has 2 saturated heterocycles. The number of nitrogens with zero attached hydrogens (tertiary/aromatic N) is 3. The third-order valence-corrected chi connectivity index (χ3v) is 4.90. The largest absolute Gasteiger partial charge is 0.406 e. The number of piperidine rings is 1. The molecule has 2 fully saturated rings. The lowest BCUT2D eigenvalue weighted by Crippen LogP contribution is -2.50. The SMILES string of the molecule is O=C(NCc1ccccc1)N1CCC(N2CC(=O)N(CC(F)(F)F)C2=O)CC1. The predicted octanol–water partition coefficient (Wildman–Crippen LogP) is 2.19. The maximum absolute atomic E-state index is 12.5. The molecule has 0 saturated carbocycles. The lowest BCUT2D eigenvalue weighted by Gasteiger charge is -2.36. The highest BCUT2D eigenvalue weighted by Gasteiger charge is 2.45. The van der Waals surface area contributed by atoms with E-state index in [1.807, 2.05) is 30.3 Å². The van der Waals surface area contributed by atoms with Crippen LogP contribution in [0.25, 0.3) is 0 Å². The molecule has 2 aliphatic heterocycles. The molecule has 0 atom stereocenters. The number of carbonyl (C=O) groups excluding carboxylic acids is 3. The Hall–Kier alpha value is -2.78. The third-order valence-electron chi connectivity index (χ3n) is 4.90. The molecule has 2 aliphatic rings. The van der Waals surface area contributed by atoms with Crippen LogP contribution in [0.5, 0.6) is 0 Å². The van der Waals surface area contributed by atoms with Gasteiger partial charge in [0, 0.05) is 25.7 Å². The molecule has 0 unspecified atom stereocenters. The van der Waals surface area contributed by atoms with Gasteiger partial charge in [0.25, 0.3) is 5.91 Å². The van der Waals surface area contributed by atoms with Gasteiger partial charge in [0.05, 0.1) is 0 Å². The van der Waals surface area contributed by atoms with Crippen molar-refractivity contribution in [3.05, 3.63) is 35.9 Å². The van der Waals surface area contributed by atoms with Crippen LogP contribution in [0.1, 0.15) is 18.4 Å². The molecular weight excluding hydrogens is 377 g/mol. The summed E-state index contributed by atoms with van der Waals surface area (Å²) in [5.41, 5.74) is 0.969. The molecule has 7 nitrogen and oxygen atoms in total. The summed E-state index contributed by atoms with van der Waals surface area (Å²) in [6.45, 7) is -0.794. The fourth-order valence-corrected chi connectivity index (χ4v) is 3.45. The van der Waals surface area contributed by atoms with Gasteiger partial charge in [-0.05, 0) is 18.4 Å². The zero-order valence-electron chi connectivity index (χ0n) is 15.1. The quantitative estimate of drug-likeness (QED) is 0.791. The molecule has 1 aromatic rings. The van der Waals surface area contributed by atoms with Crippen molar-refractivity contribution in [2.45, 2.75) is 31.6 Å². The number of amides is 5. The van der Waals surface area contributed by atoms with Gasteiger partial charge in [-0.25, -0.2) is 9.59 Å². The third kappa shape index (κ3) is 4.73. The molecule has 10 heteroatoms. The average Bonchev–Trinajstić information content (AvgIpc) is 2.94. The summed E-state index contributed by atoms with van der Waals surface area (Å²) in [4.78, 5) is 39.3. The first-order valence-corrected chi connectivity index (χ1v) is 8.99. The van der Waals surface area contributed by atoms with Crippen molar-refractivity contribution in [2.75, 3.05) is 26.2 Å². The number of rotatable bonds is 4. The van der Waals surface area contributed by atoms with Crippen LogP contribution in [-0.4, -0.2) is 71.1 Å². The second-order valence-corrected chi connectivity index (χ2v) is 6.87. The number of likely N-dealkylation sites (tertiary alicyclic amines) is 1. The number of halogens is 3. The minimum atomic E-state index is -4.62. The smallest absolute Gasteiger partial charge is 0.334 e. The highest BCUT2D eigenvalue weighted by Crippen LogP contribution is 2.25. The molecule has 5 amide bonds. The summed E-state index contributed by atoms with van der Waals surface area (Å²) >= 11 is 0. The predicted molar refractivity (Wildman–Crippen MR) is 93.1 cm³/mol. The van der Waals surface area contributed by atoms with Crippen molar-refractivity contribution >= 4 is 18.0 Å². The van der Waals surface area contributed by atoms with Gasteiger partial charge in [0.2, 0.25) is 0 Å². The number of imide groups is 1. The van der Waals surface area contributed by atoms with Gasteiger partial charge >= 0.3 is 18.2 Å². The molecular formula is C18H21F3N4O3. The highest BCUT2D eigenvalue weighted by molar-refractivity contribution is 6.02. The van der Waals surface area contributed by atoms with E-state index in [-0.39, 0.29) is 23.5 Å². The van der Waals surface area contributed by atoms with Crippen LogP contribution >= 0.6 is 0 Å². The molecule has 1 N–H and O–H groups in total.